The Kier molecular flexibility index (Phi) is 21.1. The maximum Gasteiger partial charge on any atom is 0.488 e. The minimum atomic E-state index is -4.77. The van der Waals surface area contributed by atoms with Crippen LogP contribution in [-0.2, 0) is 48.1 Å². The molecule has 478 valence electrons. The number of amides is 1. The molecule has 9 rings (SSSR count). The molecule has 1 heterocycles. The molecule has 11 nitrogen and oxygen atoms in total. The predicted octanol–water partition coefficient (Wildman–Crippen LogP) is 9.69. The van der Waals surface area contributed by atoms with Gasteiger partial charge in [-0.2, -0.15) is 26.3 Å². The van der Waals surface area contributed by atoms with Crippen LogP contribution in [0.25, 0.3) is 44.3 Å². The number of fused-ring (bicyclic) bond motifs is 4. The molecule has 0 atom stereocenters. The molecule has 0 aromatic heterocycles. The summed E-state index contributed by atoms with van der Waals surface area (Å²) in [5.41, 5.74) is 5.76. The SMILES string of the molecule is C=C(C)C(=O)CCCCN(Cc1ccc(C(F)(F)F)cc1B(O)O)Cc1c2ccccc2c(CN(CCCNC(=O)C(=C)C)Cc2ccc(C(F)(F)F)cc2B(O)O)c2ccc(-c3cc(OC)cc(C4=c5cc/c(=C\C)cc5[Si](C)(C)c5cc(NC)ccc54)c3)cc12. The number of Topliss-reactive ketones (excluding diaryl/α,β-unsaturated/α-hetero) is 1. The average Bonchev–Trinajstić information content (AvgIpc) is 0.730. The molecular formula is C72H76B2F6N4O7Si. The largest absolute Gasteiger partial charge is 0.497 e. The van der Waals surface area contributed by atoms with Crippen LogP contribution in [0.15, 0.2) is 158 Å². The molecule has 0 radical (unpaired) electrons. The van der Waals surface area contributed by atoms with Gasteiger partial charge >= 0.3 is 26.6 Å². The summed E-state index contributed by atoms with van der Waals surface area (Å²) in [6.45, 7) is 18.6. The Morgan fingerprint density at radius 3 is 1.74 bits per heavy atom. The van der Waals surface area contributed by atoms with Crippen molar-refractivity contribution in [2.75, 3.05) is 39.1 Å². The zero-order chi connectivity index (χ0) is 66.6. The molecular weight excluding hydrogens is 1200 g/mol. The molecule has 1 aliphatic rings. The number of hydrogen-bond donors (Lipinski definition) is 6. The normalized spacial score (nSPS) is 13.2. The van der Waals surface area contributed by atoms with Gasteiger partial charge in [0.15, 0.2) is 5.78 Å². The van der Waals surface area contributed by atoms with Gasteiger partial charge in [0.2, 0.25) is 5.91 Å². The van der Waals surface area contributed by atoms with Crippen LogP contribution < -0.4 is 47.1 Å². The lowest BCUT2D eigenvalue weighted by Gasteiger charge is -2.33. The minimum Gasteiger partial charge on any atom is -0.497 e. The quantitative estimate of drug-likeness (QED) is 0.0107. The smallest absolute Gasteiger partial charge is 0.488 e. The van der Waals surface area contributed by atoms with Crippen LogP contribution in [0.3, 0.4) is 0 Å². The molecule has 0 fully saturated rings. The van der Waals surface area contributed by atoms with Crippen molar-refractivity contribution in [1.82, 2.24) is 15.1 Å². The summed E-state index contributed by atoms with van der Waals surface area (Å²) in [6.07, 6.45) is -5.93. The second kappa shape index (κ2) is 28.4. The topological polar surface area (TPSA) is 155 Å². The Hall–Kier alpha value is -8.07. The van der Waals surface area contributed by atoms with E-state index in [9.17, 15) is 56.0 Å². The summed E-state index contributed by atoms with van der Waals surface area (Å²) < 4.78 is 91.2. The molecule has 8 aromatic carbocycles. The fourth-order valence-corrected chi connectivity index (χ4v) is 15.7. The van der Waals surface area contributed by atoms with Gasteiger partial charge in [-0.15, -0.1) is 0 Å². The molecule has 8 aromatic rings. The van der Waals surface area contributed by atoms with Crippen LogP contribution in [0.2, 0.25) is 13.1 Å². The Bertz CT molecular complexity index is 4290. The fraction of sp³-hybridized carbons (Fsp3) is 0.278. The number of carbonyl (C=O) groups is 2. The van der Waals surface area contributed by atoms with Crippen molar-refractivity contribution < 1.29 is 60.8 Å². The van der Waals surface area contributed by atoms with Crippen molar-refractivity contribution in [3.63, 3.8) is 0 Å². The first kappa shape index (κ1) is 68.3. The fourth-order valence-electron chi connectivity index (χ4n) is 12.6. The molecule has 0 aliphatic carbocycles. The van der Waals surface area contributed by atoms with Crippen molar-refractivity contribution in [1.29, 1.82) is 0 Å². The van der Waals surface area contributed by atoms with Gasteiger partial charge in [0, 0.05) is 64.0 Å². The third-order valence-electron chi connectivity index (χ3n) is 17.6. The average molecular weight is 1270 g/mol. The molecule has 1 amide bonds. The molecule has 0 unspecified atom stereocenters. The molecule has 6 N–H and O–H groups in total. The lowest BCUT2D eigenvalue weighted by molar-refractivity contribution is -0.138. The third-order valence-corrected chi connectivity index (χ3v) is 21.1. The second-order valence-electron chi connectivity index (χ2n) is 24.4. The Morgan fingerprint density at radius 1 is 0.620 bits per heavy atom. The van der Waals surface area contributed by atoms with E-state index in [4.69, 9.17) is 4.74 Å². The standard InChI is InChI=1S/C72H76B2F6N4O7Si/c1-10-46-19-26-59-67(32-46)92(8,9)68-39-54(81-6)25-28-60(68)69(59)51-33-50(34-55(35-51)91-7)47-22-27-58-61(36-47)63(43-83(30-14-13-18-66(85)44(2)3)40-48-20-23-52(71(75,76)77)37-64(48)73(87)88)57-17-12-11-16-56(57)62(58)42-84(31-15-29-82-70(86)45(4)5)41-49-21-24-53(72(78,79)80)38-65(49)74(89)90/h10-12,16-17,19-28,32-39,81,87-90H,2,4,13-15,18,29-31,40-43H2,1,3,5-9H3,(H,82,86)/b46-10+. The number of anilines is 1. The van der Waals surface area contributed by atoms with E-state index in [0.717, 1.165) is 101 Å². The van der Waals surface area contributed by atoms with E-state index in [2.05, 4.69) is 91.5 Å². The van der Waals surface area contributed by atoms with E-state index < -0.39 is 45.8 Å². The molecule has 20 heteroatoms. The predicted molar refractivity (Wildman–Crippen MR) is 361 cm³/mol. The minimum absolute atomic E-state index is 0.0350. The van der Waals surface area contributed by atoms with Crippen molar-refractivity contribution >= 4 is 94.2 Å². The molecule has 0 saturated carbocycles. The van der Waals surface area contributed by atoms with Crippen LogP contribution in [-0.4, -0.2) is 97.7 Å². The molecule has 0 spiro atoms. The maximum atomic E-state index is 14.2. The first-order valence-corrected chi connectivity index (χ1v) is 33.6. The van der Waals surface area contributed by atoms with E-state index in [0.29, 0.717) is 42.7 Å². The Balaban J connectivity index is 1.28. The van der Waals surface area contributed by atoms with Gasteiger partial charge < -0.3 is 35.5 Å². The van der Waals surface area contributed by atoms with Crippen LogP contribution in [0.1, 0.15) is 91.0 Å². The number of ether oxygens (including phenoxy) is 1. The number of rotatable bonds is 25. The Labute approximate surface area is 534 Å². The van der Waals surface area contributed by atoms with Gasteiger partial charge in [0.1, 0.15) is 13.8 Å². The lowest BCUT2D eigenvalue weighted by atomic mass is 9.76. The van der Waals surface area contributed by atoms with Crippen LogP contribution >= 0.6 is 0 Å². The molecule has 92 heavy (non-hydrogen) atoms. The number of nitrogens with one attached hydrogen (secondary N) is 2. The first-order valence-electron chi connectivity index (χ1n) is 30.6. The molecule has 1 aliphatic heterocycles. The van der Waals surface area contributed by atoms with Gasteiger partial charge in [-0.3, -0.25) is 19.4 Å². The van der Waals surface area contributed by atoms with Crippen molar-refractivity contribution in [2.24, 2.45) is 0 Å². The number of halogens is 6. The number of benzene rings is 8. The number of carbonyl (C=O) groups excluding carboxylic acids is 2. The van der Waals surface area contributed by atoms with E-state index in [1.807, 2.05) is 72.3 Å². The second-order valence-corrected chi connectivity index (χ2v) is 28.7. The highest BCUT2D eigenvalue weighted by molar-refractivity contribution is 7.01. The van der Waals surface area contributed by atoms with E-state index in [1.165, 1.54) is 22.5 Å². The molecule has 0 bridgehead atoms. The number of allylic oxidation sites excluding steroid dienone is 1. The van der Waals surface area contributed by atoms with Crippen molar-refractivity contribution in [3.8, 4) is 16.9 Å². The van der Waals surface area contributed by atoms with Gasteiger partial charge in [-0.25, -0.2) is 0 Å². The highest BCUT2D eigenvalue weighted by Gasteiger charge is 2.37. The van der Waals surface area contributed by atoms with Crippen molar-refractivity contribution in [2.45, 2.75) is 98.1 Å². The lowest BCUT2D eigenvalue weighted by Crippen LogP contribution is -2.63. The van der Waals surface area contributed by atoms with Crippen molar-refractivity contribution in [3.05, 3.63) is 213 Å². The summed E-state index contributed by atoms with van der Waals surface area (Å²) in [6, 6.07) is 39.1. The zero-order valence-corrected chi connectivity index (χ0v) is 53.8. The van der Waals surface area contributed by atoms with Gasteiger partial charge in [-0.05, 0) is 216 Å². The van der Waals surface area contributed by atoms with Gasteiger partial charge in [0.25, 0.3) is 0 Å². The van der Waals surface area contributed by atoms with Crippen LogP contribution in [0, 0.1) is 0 Å². The highest BCUT2D eigenvalue weighted by Crippen LogP contribution is 2.40. The first-order chi connectivity index (χ1) is 43.6. The number of alkyl halides is 6. The van der Waals surface area contributed by atoms with E-state index >= 15 is 0 Å². The maximum absolute atomic E-state index is 14.2. The number of hydrogen-bond acceptors (Lipinski definition) is 10. The van der Waals surface area contributed by atoms with Crippen LogP contribution in [0.4, 0.5) is 32.0 Å². The van der Waals surface area contributed by atoms with Gasteiger partial charge in [0.05, 0.1) is 18.2 Å². The number of methoxy groups -OCH3 is 1. The monoisotopic (exact) mass is 1270 g/mol. The van der Waals surface area contributed by atoms with Gasteiger partial charge in [-0.1, -0.05) is 105 Å². The zero-order valence-electron chi connectivity index (χ0n) is 52.8. The van der Waals surface area contributed by atoms with E-state index in [-0.39, 0.29) is 79.4 Å². The van der Waals surface area contributed by atoms with E-state index in [1.54, 1.807) is 21.0 Å². The number of unbranched alkanes of at least 4 members (excludes halogenated alkanes) is 1. The Morgan fingerprint density at radius 2 is 1.20 bits per heavy atom. The third kappa shape index (κ3) is 15.2. The summed E-state index contributed by atoms with van der Waals surface area (Å²) in [5.74, 6) is 0.144. The summed E-state index contributed by atoms with van der Waals surface area (Å²) in [4.78, 5) is 29.5. The molecule has 0 saturated heterocycles. The summed E-state index contributed by atoms with van der Waals surface area (Å²) >= 11 is 0. The number of nitrogens with zero attached hydrogens (tertiary/aromatic N) is 2. The number of ketones is 1. The summed E-state index contributed by atoms with van der Waals surface area (Å²) in [7, 11) is -3.26. The summed E-state index contributed by atoms with van der Waals surface area (Å²) in [5, 5.41) is 56.7. The van der Waals surface area contributed by atoms with Crippen LogP contribution in [0.5, 0.6) is 5.75 Å². The highest BCUT2D eigenvalue weighted by atomic mass is 28.3.